The molecule has 92 valence electrons. The standard InChI is InChI=1S/C12H12O4S.Na.H/c1-8-7-11(17(13,14)15)9-5-3-4-6-10(16-2)12(8)9;;/h3-7H,1-2H3,(H,13,14,15);;/q;+1;-1. The van der Waals surface area contributed by atoms with Gasteiger partial charge in [-0.15, -0.1) is 0 Å². The Morgan fingerprint density at radius 1 is 1.28 bits per heavy atom. The quantitative estimate of drug-likeness (QED) is 0.592. The summed E-state index contributed by atoms with van der Waals surface area (Å²) in [4.78, 5) is -0.0838. The van der Waals surface area contributed by atoms with Crippen molar-refractivity contribution in [3.8, 4) is 16.9 Å². The molecule has 0 saturated heterocycles. The van der Waals surface area contributed by atoms with Crippen LogP contribution < -0.4 is 34.3 Å². The number of fused-ring (bicyclic) bond motifs is 1. The van der Waals surface area contributed by atoms with Gasteiger partial charge in [0.25, 0.3) is 10.1 Å². The van der Waals surface area contributed by atoms with Crippen LogP contribution in [0.3, 0.4) is 0 Å². The molecule has 0 atom stereocenters. The van der Waals surface area contributed by atoms with Crippen LogP contribution in [-0.2, 0) is 10.1 Å². The monoisotopic (exact) mass is 276 g/mol. The summed E-state index contributed by atoms with van der Waals surface area (Å²) in [6, 6.07) is 8.31. The summed E-state index contributed by atoms with van der Waals surface area (Å²) in [6.45, 7) is 1.78. The molecule has 0 spiro atoms. The van der Waals surface area contributed by atoms with Gasteiger partial charge < -0.3 is 6.16 Å². The second-order valence-electron chi connectivity index (χ2n) is 3.74. The zero-order valence-corrected chi connectivity index (χ0v) is 13.3. The van der Waals surface area contributed by atoms with Gasteiger partial charge in [-0.2, -0.15) is 8.42 Å². The van der Waals surface area contributed by atoms with Crippen LogP contribution in [0.25, 0.3) is 11.1 Å². The Labute approximate surface area is 130 Å². The van der Waals surface area contributed by atoms with Gasteiger partial charge in [0, 0.05) is 11.1 Å². The predicted octanol–water partition coefficient (Wildman–Crippen LogP) is -0.528. The Balaban J connectivity index is 0.00000162. The SMILES string of the molecule is COc1ccccc2c(S(=O)(=O)O)cc(C)c1-2.[H-].[Na+]. The van der Waals surface area contributed by atoms with Gasteiger partial charge in [-0.25, -0.2) is 0 Å². The van der Waals surface area contributed by atoms with Crippen molar-refractivity contribution in [1.82, 2.24) is 0 Å². The van der Waals surface area contributed by atoms with Gasteiger partial charge in [-0.3, -0.25) is 4.55 Å². The minimum atomic E-state index is -4.22. The Bertz CT molecular complexity index is 642. The van der Waals surface area contributed by atoms with E-state index in [2.05, 4.69) is 0 Å². The van der Waals surface area contributed by atoms with Crippen molar-refractivity contribution in [2.75, 3.05) is 7.11 Å². The summed E-state index contributed by atoms with van der Waals surface area (Å²) >= 11 is 0. The molecule has 1 N–H and O–H groups in total. The number of methoxy groups -OCH3 is 1. The molecule has 0 aromatic rings. The summed E-state index contributed by atoms with van der Waals surface area (Å²) in [5.74, 6) is 0.581. The molecule has 6 heteroatoms. The molecule has 0 fully saturated rings. The van der Waals surface area contributed by atoms with Crippen molar-refractivity contribution >= 4 is 10.1 Å². The Kier molecular flexibility index (Phi) is 4.80. The van der Waals surface area contributed by atoms with Gasteiger partial charge in [0.2, 0.25) is 0 Å². The Morgan fingerprint density at radius 3 is 2.44 bits per heavy atom. The minimum Gasteiger partial charge on any atom is -1.00 e. The predicted molar refractivity (Wildman–Crippen MR) is 65.3 cm³/mol. The van der Waals surface area contributed by atoms with Crippen LogP contribution in [0.15, 0.2) is 35.2 Å². The number of aryl methyl sites for hydroxylation is 1. The van der Waals surface area contributed by atoms with Gasteiger partial charge in [0.1, 0.15) is 10.6 Å². The van der Waals surface area contributed by atoms with Crippen molar-refractivity contribution in [1.29, 1.82) is 0 Å². The topological polar surface area (TPSA) is 63.6 Å². The molecule has 2 aliphatic rings. The molecule has 4 nitrogen and oxygen atoms in total. The first-order chi connectivity index (χ1) is 7.95. The van der Waals surface area contributed by atoms with E-state index in [4.69, 9.17) is 4.74 Å². The third kappa shape index (κ3) is 2.70. The van der Waals surface area contributed by atoms with E-state index >= 15 is 0 Å². The second-order valence-corrected chi connectivity index (χ2v) is 5.13. The number of hydrogen-bond donors (Lipinski definition) is 1. The van der Waals surface area contributed by atoms with Gasteiger partial charge in [-0.1, -0.05) is 18.2 Å². The number of rotatable bonds is 2. The molecule has 0 amide bonds. The average Bonchev–Trinajstić information content (AvgIpc) is 2.47. The van der Waals surface area contributed by atoms with E-state index in [1.165, 1.54) is 13.2 Å². The van der Waals surface area contributed by atoms with Crippen LogP contribution >= 0.6 is 0 Å². The summed E-state index contributed by atoms with van der Waals surface area (Å²) in [5, 5.41) is 0. The van der Waals surface area contributed by atoms with E-state index in [-0.39, 0.29) is 35.9 Å². The summed E-state index contributed by atoms with van der Waals surface area (Å²) in [7, 11) is -2.70. The van der Waals surface area contributed by atoms with E-state index in [0.29, 0.717) is 16.9 Å². The smallest absolute Gasteiger partial charge is 1.00 e. The first-order valence-corrected chi connectivity index (χ1v) is 6.43. The fourth-order valence-electron chi connectivity index (χ4n) is 1.94. The van der Waals surface area contributed by atoms with E-state index in [1.807, 2.05) is 0 Å². The second kappa shape index (κ2) is 5.59. The summed E-state index contributed by atoms with van der Waals surface area (Å²) in [5.41, 5.74) is 1.91. The summed E-state index contributed by atoms with van der Waals surface area (Å²) < 4.78 is 36.9. The third-order valence-electron chi connectivity index (χ3n) is 2.64. The van der Waals surface area contributed by atoms with E-state index < -0.39 is 10.1 Å². The molecule has 18 heavy (non-hydrogen) atoms. The molecular weight excluding hydrogens is 263 g/mol. The van der Waals surface area contributed by atoms with Crippen molar-refractivity contribution in [2.45, 2.75) is 11.8 Å². The van der Waals surface area contributed by atoms with Crippen molar-refractivity contribution < 1.29 is 48.7 Å². The minimum absolute atomic E-state index is 0. The third-order valence-corrected chi connectivity index (χ3v) is 3.54. The van der Waals surface area contributed by atoms with E-state index in [9.17, 15) is 13.0 Å². The van der Waals surface area contributed by atoms with Gasteiger partial charge in [0.15, 0.2) is 0 Å². The van der Waals surface area contributed by atoms with Crippen LogP contribution in [0, 0.1) is 6.92 Å². The van der Waals surface area contributed by atoms with E-state index in [1.54, 1.807) is 31.2 Å². The first-order valence-electron chi connectivity index (χ1n) is 4.99. The van der Waals surface area contributed by atoms with E-state index in [0.717, 1.165) is 5.56 Å². The van der Waals surface area contributed by atoms with Gasteiger partial charge in [0.05, 0.1) is 7.11 Å². The molecule has 0 aromatic heterocycles. The van der Waals surface area contributed by atoms with Crippen LogP contribution in [0.4, 0.5) is 0 Å². The number of hydrogen-bond acceptors (Lipinski definition) is 3. The summed E-state index contributed by atoms with van der Waals surface area (Å²) in [6.07, 6.45) is 0. The maximum absolute atomic E-state index is 11.3. The average molecular weight is 276 g/mol. The molecule has 0 radical (unpaired) electrons. The zero-order chi connectivity index (χ0) is 12.6. The molecule has 0 aromatic carbocycles. The van der Waals surface area contributed by atoms with Crippen LogP contribution in [-0.4, -0.2) is 20.1 Å². The van der Waals surface area contributed by atoms with Gasteiger partial charge in [-0.05, 0) is 24.6 Å². The molecule has 0 unspecified atom stereocenters. The van der Waals surface area contributed by atoms with Crippen LogP contribution in [0.5, 0.6) is 5.75 Å². The maximum atomic E-state index is 11.3. The first kappa shape index (κ1) is 15.5. The molecular formula is C12H13NaO4S. The van der Waals surface area contributed by atoms with Crippen molar-refractivity contribution in [3.05, 3.63) is 35.9 Å². The Hall–Kier alpha value is -0.590. The fourth-order valence-corrected chi connectivity index (χ4v) is 2.71. The molecule has 0 bridgehead atoms. The Morgan fingerprint density at radius 2 is 1.89 bits per heavy atom. The maximum Gasteiger partial charge on any atom is 1.00 e. The van der Waals surface area contributed by atoms with Crippen LogP contribution in [0.2, 0.25) is 0 Å². The van der Waals surface area contributed by atoms with Gasteiger partial charge >= 0.3 is 29.6 Å². The van der Waals surface area contributed by atoms with Crippen molar-refractivity contribution in [3.63, 3.8) is 0 Å². The molecule has 0 aliphatic heterocycles. The molecule has 2 rings (SSSR count). The van der Waals surface area contributed by atoms with Crippen molar-refractivity contribution in [2.24, 2.45) is 0 Å². The molecule has 2 aliphatic carbocycles. The largest absolute Gasteiger partial charge is 1.00 e. The fraction of sp³-hybridized carbons (Fsp3) is 0.167. The number of ether oxygens (including phenoxy) is 1. The molecule has 0 saturated carbocycles. The molecule has 0 heterocycles. The normalized spacial score (nSPS) is 11.1. The zero-order valence-electron chi connectivity index (χ0n) is 11.5. The van der Waals surface area contributed by atoms with Crippen LogP contribution in [0.1, 0.15) is 6.99 Å².